The number of hydrogen-bond acceptors (Lipinski definition) is 4. The number of hydrogen-bond donors (Lipinski definition) is 1. The van der Waals surface area contributed by atoms with Crippen LogP contribution in [-0.4, -0.2) is 44.3 Å². The molecular weight excluding hydrogens is 616 g/mol. The van der Waals surface area contributed by atoms with Crippen LogP contribution in [0.15, 0.2) is 71.6 Å². The molecule has 40 heavy (non-hydrogen) atoms. The van der Waals surface area contributed by atoms with Crippen LogP contribution in [0.25, 0.3) is 0 Å². The van der Waals surface area contributed by atoms with E-state index in [-0.39, 0.29) is 22.2 Å². The van der Waals surface area contributed by atoms with Gasteiger partial charge in [0.15, 0.2) is 0 Å². The molecule has 3 aromatic carbocycles. The molecule has 7 nitrogen and oxygen atoms in total. The highest BCUT2D eigenvalue weighted by Gasteiger charge is 2.33. The molecule has 3 aromatic rings. The maximum atomic E-state index is 14.0. The maximum absolute atomic E-state index is 14.0. The second-order valence-corrected chi connectivity index (χ2v) is 12.5. The molecule has 0 radical (unpaired) electrons. The SMILES string of the molecule is CCCCNC(=O)[C@@H](C)N(Cc1c(Cl)cccc1Cl)C(=O)CN(c1ccc(Cl)cc1Cl)S(=O)(=O)c1ccccc1. The van der Waals surface area contributed by atoms with Crippen molar-refractivity contribution >= 4 is 73.9 Å². The van der Waals surface area contributed by atoms with Crippen LogP contribution >= 0.6 is 46.4 Å². The fourth-order valence-corrected chi connectivity index (χ4v) is 6.42. The molecule has 214 valence electrons. The molecule has 0 unspecified atom stereocenters. The summed E-state index contributed by atoms with van der Waals surface area (Å²) in [6, 6.07) is 15.9. The normalized spacial score (nSPS) is 12.1. The Morgan fingerprint density at radius 2 is 1.55 bits per heavy atom. The van der Waals surface area contributed by atoms with Crippen molar-refractivity contribution in [3.8, 4) is 0 Å². The van der Waals surface area contributed by atoms with Gasteiger partial charge >= 0.3 is 0 Å². The van der Waals surface area contributed by atoms with Gasteiger partial charge < -0.3 is 10.2 Å². The predicted octanol–water partition coefficient (Wildman–Crippen LogP) is 6.83. The molecule has 0 aliphatic rings. The first-order chi connectivity index (χ1) is 19.0. The minimum atomic E-state index is -4.27. The first-order valence-corrected chi connectivity index (χ1v) is 15.5. The Balaban J connectivity index is 2.06. The summed E-state index contributed by atoms with van der Waals surface area (Å²) in [6.45, 7) is 3.20. The Hall–Kier alpha value is -2.49. The third-order valence-electron chi connectivity index (χ3n) is 6.18. The average Bonchev–Trinajstić information content (AvgIpc) is 2.92. The molecule has 1 atom stereocenters. The van der Waals surface area contributed by atoms with Crippen LogP contribution in [0.1, 0.15) is 32.3 Å². The lowest BCUT2D eigenvalue weighted by molar-refractivity contribution is -0.139. The largest absolute Gasteiger partial charge is 0.354 e. The molecule has 0 saturated heterocycles. The van der Waals surface area contributed by atoms with Crippen molar-refractivity contribution in [2.45, 2.75) is 44.2 Å². The number of nitrogens with zero attached hydrogens (tertiary/aromatic N) is 2. The van der Waals surface area contributed by atoms with E-state index in [0.717, 1.165) is 17.1 Å². The van der Waals surface area contributed by atoms with E-state index < -0.39 is 34.4 Å². The molecule has 0 bridgehead atoms. The van der Waals surface area contributed by atoms with E-state index in [1.54, 1.807) is 43.3 Å². The van der Waals surface area contributed by atoms with Gasteiger partial charge in [0.25, 0.3) is 10.0 Å². The van der Waals surface area contributed by atoms with E-state index in [4.69, 9.17) is 46.4 Å². The van der Waals surface area contributed by atoms with Gasteiger partial charge in [-0.25, -0.2) is 8.42 Å². The molecule has 0 aliphatic heterocycles. The Labute approximate surface area is 255 Å². The molecule has 0 aromatic heterocycles. The molecule has 1 N–H and O–H groups in total. The van der Waals surface area contributed by atoms with Crippen LogP contribution in [0, 0.1) is 0 Å². The number of carbonyl (C=O) groups is 2. The molecular formula is C28H29Cl4N3O4S. The summed E-state index contributed by atoms with van der Waals surface area (Å²) in [7, 11) is -4.27. The highest BCUT2D eigenvalue weighted by Crippen LogP contribution is 2.33. The number of halogens is 4. The Bertz CT molecular complexity index is 1430. The summed E-state index contributed by atoms with van der Waals surface area (Å²) in [5, 5.41) is 3.76. The van der Waals surface area contributed by atoms with Crippen molar-refractivity contribution in [3.63, 3.8) is 0 Å². The van der Waals surface area contributed by atoms with Crippen molar-refractivity contribution in [1.29, 1.82) is 0 Å². The number of rotatable bonds is 12. The van der Waals surface area contributed by atoms with Gasteiger partial charge in [0.1, 0.15) is 12.6 Å². The average molecular weight is 645 g/mol. The molecule has 0 fully saturated rings. The number of benzene rings is 3. The Morgan fingerprint density at radius 1 is 0.900 bits per heavy atom. The van der Waals surface area contributed by atoms with Crippen LogP contribution in [0.4, 0.5) is 5.69 Å². The standard InChI is InChI=1S/C28H29Cl4N3O4S/c1-3-4-15-33-28(37)19(2)34(17-22-23(30)11-8-12-24(22)31)27(36)18-35(26-14-13-20(29)16-25(26)32)40(38,39)21-9-6-5-7-10-21/h5-14,16,19H,3-4,15,17-18H2,1-2H3,(H,33,37)/t19-/m1/s1. The quantitative estimate of drug-likeness (QED) is 0.219. The highest BCUT2D eigenvalue weighted by molar-refractivity contribution is 7.92. The lowest BCUT2D eigenvalue weighted by Crippen LogP contribution is -2.51. The minimum absolute atomic E-state index is 0.0332. The van der Waals surface area contributed by atoms with E-state index in [9.17, 15) is 18.0 Å². The van der Waals surface area contributed by atoms with Crippen LogP contribution in [0.5, 0.6) is 0 Å². The van der Waals surface area contributed by atoms with Gasteiger partial charge in [0.2, 0.25) is 11.8 Å². The number of nitrogens with one attached hydrogen (secondary N) is 1. The molecule has 3 rings (SSSR count). The van der Waals surface area contributed by atoms with Gasteiger partial charge in [0.05, 0.1) is 15.6 Å². The van der Waals surface area contributed by atoms with Gasteiger partial charge in [-0.05, 0) is 55.8 Å². The van der Waals surface area contributed by atoms with Crippen molar-refractivity contribution in [1.82, 2.24) is 10.2 Å². The second kappa shape index (κ2) is 14.4. The van der Waals surface area contributed by atoms with Crippen molar-refractivity contribution < 1.29 is 18.0 Å². The third-order valence-corrected chi connectivity index (χ3v) is 9.20. The number of carbonyl (C=O) groups excluding carboxylic acids is 2. The summed E-state index contributed by atoms with van der Waals surface area (Å²) in [5.41, 5.74) is 0.480. The summed E-state index contributed by atoms with van der Waals surface area (Å²) in [5.74, 6) is -1.06. The van der Waals surface area contributed by atoms with Crippen LogP contribution in [0.2, 0.25) is 20.1 Å². The van der Waals surface area contributed by atoms with Gasteiger partial charge in [0, 0.05) is 33.7 Å². The summed E-state index contributed by atoms with van der Waals surface area (Å²) >= 11 is 25.3. The van der Waals surface area contributed by atoms with Gasteiger partial charge in [-0.2, -0.15) is 0 Å². The van der Waals surface area contributed by atoms with Crippen LogP contribution in [0.3, 0.4) is 0 Å². The molecule has 2 amide bonds. The first-order valence-electron chi connectivity index (χ1n) is 12.5. The van der Waals surface area contributed by atoms with E-state index >= 15 is 0 Å². The van der Waals surface area contributed by atoms with E-state index in [2.05, 4.69) is 5.32 Å². The molecule has 12 heteroatoms. The zero-order valence-electron chi connectivity index (χ0n) is 21.9. The van der Waals surface area contributed by atoms with Crippen LogP contribution < -0.4 is 9.62 Å². The molecule has 0 spiro atoms. The van der Waals surface area contributed by atoms with Gasteiger partial charge in [-0.15, -0.1) is 0 Å². The zero-order chi connectivity index (χ0) is 29.4. The van der Waals surface area contributed by atoms with Crippen molar-refractivity contribution in [3.05, 3.63) is 92.4 Å². The van der Waals surface area contributed by atoms with Crippen LogP contribution in [-0.2, 0) is 26.2 Å². The predicted molar refractivity (Wildman–Crippen MR) is 162 cm³/mol. The van der Waals surface area contributed by atoms with E-state index in [1.165, 1.54) is 35.2 Å². The smallest absolute Gasteiger partial charge is 0.264 e. The monoisotopic (exact) mass is 643 g/mol. The number of anilines is 1. The zero-order valence-corrected chi connectivity index (χ0v) is 25.8. The summed E-state index contributed by atoms with van der Waals surface area (Å²) in [6.07, 6.45) is 1.64. The fraction of sp³-hybridized carbons (Fsp3) is 0.286. The van der Waals surface area contributed by atoms with E-state index in [1.807, 2.05) is 6.92 Å². The first kappa shape index (κ1) is 32.0. The maximum Gasteiger partial charge on any atom is 0.264 e. The van der Waals surface area contributed by atoms with Gasteiger partial charge in [-0.1, -0.05) is 84.0 Å². The molecule has 0 saturated carbocycles. The molecule has 0 heterocycles. The Morgan fingerprint density at radius 3 is 2.15 bits per heavy atom. The fourth-order valence-electron chi connectivity index (χ4n) is 3.89. The van der Waals surface area contributed by atoms with Gasteiger partial charge in [-0.3, -0.25) is 13.9 Å². The highest BCUT2D eigenvalue weighted by atomic mass is 35.5. The Kier molecular flexibility index (Phi) is 11.5. The third kappa shape index (κ3) is 7.83. The van der Waals surface area contributed by atoms with E-state index in [0.29, 0.717) is 27.2 Å². The van der Waals surface area contributed by atoms with Crippen molar-refractivity contribution in [2.75, 3.05) is 17.4 Å². The minimum Gasteiger partial charge on any atom is -0.354 e. The number of sulfonamides is 1. The summed E-state index contributed by atoms with van der Waals surface area (Å²) < 4.78 is 28.5. The lowest BCUT2D eigenvalue weighted by Gasteiger charge is -2.32. The topological polar surface area (TPSA) is 86.8 Å². The van der Waals surface area contributed by atoms with Crippen molar-refractivity contribution in [2.24, 2.45) is 0 Å². The number of unbranched alkanes of at least 4 members (excludes halogenated alkanes) is 1. The lowest BCUT2D eigenvalue weighted by atomic mass is 10.1. The summed E-state index contributed by atoms with van der Waals surface area (Å²) in [4.78, 5) is 28.2. The number of amides is 2. The molecule has 0 aliphatic carbocycles. The second-order valence-electron chi connectivity index (χ2n) is 8.96.